The molecule has 0 aromatic heterocycles. The maximum absolute atomic E-state index is 12.7. The lowest BCUT2D eigenvalue weighted by molar-refractivity contribution is -0.0760. The molecule has 4 aliphatic carbocycles. The zero-order valence-electron chi connectivity index (χ0n) is 24.9. The van der Waals surface area contributed by atoms with Crippen molar-refractivity contribution in [2.24, 2.45) is 34.5 Å². The van der Waals surface area contributed by atoms with E-state index in [1.807, 2.05) is 30.3 Å². The highest BCUT2D eigenvalue weighted by Crippen LogP contribution is 2.67. The average molecular weight is 567 g/mol. The largest absolute Gasteiger partial charge is 0.458 e. The van der Waals surface area contributed by atoms with Crippen molar-refractivity contribution < 1.29 is 28.6 Å². The van der Waals surface area contributed by atoms with Crippen LogP contribution in [0.15, 0.2) is 42.0 Å². The summed E-state index contributed by atoms with van der Waals surface area (Å²) in [6.45, 7) is 5.07. The summed E-state index contributed by atoms with van der Waals surface area (Å²) in [5, 5.41) is 5.08. The predicted octanol–water partition coefficient (Wildman–Crippen LogP) is 6.26. The highest BCUT2D eigenvalue weighted by atomic mass is 16.6. The molecule has 5 rings (SSSR count). The number of benzene rings is 1. The van der Waals surface area contributed by atoms with Gasteiger partial charge in [0.15, 0.2) is 0 Å². The molecule has 8 heteroatoms. The second-order valence-corrected chi connectivity index (χ2v) is 13.0. The number of rotatable bonds is 7. The summed E-state index contributed by atoms with van der Waals surface area (Å²) in [6.07, 6.45) is 9.91. The Balaban J connectivity index is 1.28. The number of fused-ring (bicyclic) bond motifs is 5. The number of nitrogens with one attached hydrogen (secondary N) is 2. The Kier molecular flexibility index (Phi) is 8.67. The van der Waals surface area contributed by atoms with E-state index in [2.05, 4.69) is 30.6 Å². The van der Waals surface area contributed by atoms with Gasteiger partial charge in [-0.15, -0.1) is 0 Å². The minimum absolute atomic E-state index is 0.0665. The van der Waals surface area contributed by atoms with Crippen LogP contribution in [0.1, 0.15) is 82.0 Å². The molecule has 0 spiro atoms. The van der Waals surface area contributed by atoms with Gasteiger partial charge in [0.1, 0.15) is 12.2 Å². The lowest BCUT2D eigenvalue weighted by Gasteiger charge is -2.58. The molecule has 3 saturated carbocycles. The van der Waals surface area contributed by atoms with Crippen LogP contribution in [-0.4, -0.2) is 51.1 Å². The minimum Gasteiger partial charge on any atom is -0.458 e. The van der Waals surface area contributed by atoms with Gasteiger partial charge in [-0.3, -0.25) is 0 Å². The van der Waals surface area contributed by atoms with E-state index >= 15 is 0 Å². The first-order valence-corrected chi connectivity index (χ1v) is 15.4. The van der Waals surface area contributed by atoms with Crippen molar-refractivity contribution in [3.8, 4) is 0 Å². The van der Waals surface area contributed by atoms with Crippen molar-refractivity contribution in [3.05, 3.63) is 47.5 Å². The molecule has 2 amide bonds. The van der Waals surface area contributed by atoms with Crippen molar-refractivity contribution in [3.63, 3.8) is 0 Å². The molecular weight excluding hydrogens is 520 g/mol. The molecule has 1 aromatic carbocycles. The van der Waals surface area contributed by atoms with Crippen molar-refractivity contribution in [1.29, 1.82) is 0 Å². The minimum atomic E-state index is -0.470. The van der Waals surface area contributed by atoms with Crippen molar-refractivity contribution >= 4 is 18.2 Å². The van der Waals surface area contributed by atoms with E-state index in [-0.39, 0.29) is 41.5 Å². The summed E-state index contributed by atoms with van der Waals surface area (Å²) in [6, 6.07) is 9.27. The van der Waals surface area contributed by atoms with Gasteiger partial charge in [0.2, 0.25) is 0 Å². The highest BCUT2D eigenvalue weighted by Gasteiger charge is 2.60. The second-order valence-electron chi connectivity index (χ2n) is 13.0. The SMILES string of the molecule is CNC(=O)OCC[C@@H](OC(=O)NC)[C@H]1CC[C@H]2[C@@H]3CC=C4C[C@@H](OC(=O)c5ccccc5)CC[C@]4(C)[C@H]3CC[C@]12C. The first-order chi connectivity index (χ1) is 19.7. The summed E-state index contributed by atoms with van der Waals surface area (Å²) >= 11 is 0. The van der Waals surface area contributed by atoms with E-state index in [0.29, 0.717) is 29.7 Å². The number of allylic oxidation sites excluding steroid dienone is 1. The summed E-state index contributed by atoms with van der Waals surface area (Å²) in [5.74, 6) is 1.77. The van der Waals surface area contributed by atoms with E-state index in [1.165, 1.54) is 12.6 Å². The Bertz CT molecular complexity index is 1150. The first-order valence-electron chi connectivity index (χ1n) is 15.4. The van der Waals surface area contributed by atoms with E-state index in [0.717, 1.165) is 51.4 Å². The molecule has 4 aliphatic rings. The van der Waals surface area contributed by atoms with E-state index in [4.69, 9.17) is 14.2 Å². The lowest BCUT2D eigenvalue weighted by Crippen LogP contribution is -2.52. The van der Waals surface area contributed by atoms with Gasteiger partial charge in [-0.05, 0) is 85.7 Å². The fraction of sp³-hybridized carbons (Fsp3) is 0.667. The number of ether oxygens (including phenoxy) is 3. The van der Waals surface area contributed by atoms with E-state index in [1.54, 1.807) is 7.05 Å². The molecule has 8 nitrogen and oxygen atoms in total. The molecule has 0 bridgehead atoms. The number of amides is 2. The number of carbonyl (C=O) groups is 3. The van der Waals surface area contributed by atoms with Crippen LogP contribution in [0.2, 0.25) is 0 Å². The highest BCUT2D eigenvalue weighted by molar-refractivity contribution is 5.89. The topological polar surface area (TPSA) is 103 Å². The van der Waals surface area contributed by atoms with Crippen LogP contribution < -0.4 is 10.6 Å². The maximum Gasteiger partial charge on any atom is 0.407 e. The number of carbonyl (C=O) groups excluding carboxylic acids is 3. The number of alkyl carbamates (subject to hydrolysis) is 2. The molecule has 41 heavy (non-hydrogen) atoms. The molecular formula is C33H46N2O6. The molecule has 224 valence electrons. The fourth-order valence-corrected chi connectivity index (χ4v) is 9.05. The third kappa shape index (κ3) is 5.71. The molecule has 8 atom stereocenters. The van der Waals surface area contributed by atoms with Gasteiger partial charge in [0.25, 0.3) is 0 Å². The van der Waals surface area contributed by atoms with Gasteiger partial charge in [0, 0.05) is 32.9 Å². The summed E-state index contributed by atoms with van der Waals surface area (Å²) in [4.78, 5) is 36.7. The Morgan fingerprint density at radius 2 is 1.71 bits per heavy atom. The second kappa shape index (κ2) is 12.1. The van der Waals surface area contributed by atoms with Gasteiger partial charge in [0.05, 0.1) is 12.2 Å². The van der Waals surface area contributed by atoms with Gasteiger partial charge in [-0.25, -0.2) is 14.4 Å². The third-order valence-electron chi connectivity index (χ3n) is 11.2. The average Bonchev–Trinajstić information content (AvgIpc) is 3.34. The molecule has 0 aliphatic heterocycles. The molecule has 2 N–H and O–H groups in total. The number of esters is 1. The summed E-state index contributed by atoms with van der Waals surface area (Å²) < 4.78 is 17.2. The maximum atomic E-state index is 12.7. The van der Waals surface area contributed by atoms with Crippen LogP contribution >= 0.6 is 0 Å². The van der Waals surface area contributed by atoms with Crippen LogP contribution in [0.3, 0.4) is 0 Å². The van der Waals surface area contributed by atoms with Crippen LogP contribution in [-0.2, 0) is 14.2 Å². The Morgan fingerprint density at radius 1 is 0.951 bits per heavy atom. The monoisotopic (exact) mass is 566 g/mol. The fourth-order valence-electron chi connectivity index (χ4n) is 9.05. The van der Waals surface area contributed by atoms with Crippen molar-refractivity contribution in [2.75, 3.05) is 20.7 Å². The Morgan fingerprint density at radius 3 is 2.44 bits per heavy atom. The van der Waals surface area contributed by atoms with Gasteiger partial charge in [-0.1, -0.05) is 43.7 Å². The molecule has 0 saturated heterocycles. The van der Waals surface area contributed by atoms with Crippen LogP contribution in [0, 0.1) is 34.5 Å². The molecule has 1 aromatic rings. The van der Waals surface area contributed by atoms with Crippen molar-refractivity contribution in [2.45, 2.75) is 83.8 Å². The summed E-state index contributed by atoms with van der Waals surface area (Å²) in [7, 11) is 3.12. The smallest absolute Gasteiger partial charge is 0.407 e. The standard InChI is InChI=1S/C33H46N2O6/c1-32-17-14-23(40-29(36)21-8-6-5-7-9-21)20-22(32)10-11-24-25-12-13-27(33(25,2)18-15-26(24)32)28(41-31(38)35-4)16-19-39-30(37)34-3/h5-10,23-28H,11-20H2,1-4H3,(H,34,37)(H,35,38)/t23-,24-,25-,26-,27+,28+,32-,33-/m0/s1. The van der Waals surface area contributed by atoms with Crippen LogP contribution in [0.4, 0.5) is 9.59 Å². The molecule has 0 unspecified atom stereocenters. The summed E-state index contributed by atoms with van der Waals surface area (Å²) in [5.41, 5.74) is 2.29. The van der Waals surface area contributed by atoms with E-state index in [9.17, 15) is 14.4 Å². The zero-order valence-corrected chi connectivity index (χ0v) is 24.9. The van der Waals surface area contributed by atoms with E-state index < -0.39 is 12.2 Å². The molecule has 0 heterocycles. The number of hydrogen-bond donors (Lipinski definition) is 2. The predicted molar refractivity (Wildman–Crippen MR) is 155 cm³/mol. The van der Waals surface area contributed by atoms with Crippen LogP contribution in [0.5, 0.6) is 0 Å². The van der Waals surface area contributed by atoms with Crippen LogP contribution in [0.25, 0.3) is 0 Å². The lowest BCUT2D eigenvalue weighted by atomic mass is 9.47. The molecule has 3 fully saturated rings. The zero-order chi connectivity index (χ0) is 29.2. The normalized spacial score (nSPS) is 34.5. The first kappa shape index (κ1) is 29.5. The molecule has 0 radical (unpaired) electrons. The van der Waals surface area contributed by atoms with Gasteiger partial charge in [-0.2, -0.15) is 0 Å². The quantitative estimate of drug-likeness (QED) is 0.229. The van der Waals surface area contributed by atoms with Gasteiger partial charge < -0.3 is 24.8 Å². The number of hydrogen-bond acceptors (Lipinski definition) is 6. The Labute approximate surface area is 243 Å². The van der Waals surface area contributed by atoms with Gasteiger partial charge >= 0.3 is 18.2 Å². The van der Waals surface area contributed by atoms with Crippen molar-refractivity contribution in [1.82, 2.24) is 10.6 Å². The Hall–Kier alpha value is -3.03. The third-order valence-corrected chi connectivity index (χ3v) is 11.2.